The number of H-pyrrole nitrogens is 2. The fraction of sp³-hybridized carbons (Fsp3) is 0.417. The van der Waals surface area contributed by atoms with Crippen molar-refractivity contribution in [1.82, 2.24) is 0 Å². The molecule has 0 unspecified atom stereocenters. The van der Waals surface area contributed by atoms with E-state index in [0.29, 0.717) is 0 Å². The highest BCUT2D eigenvalue weighted by Crippen LogP contribution is 2.21. The largest absolute Gasteiger partial charge is 1.00 e. The summed E-state index contributed by atoms with van der Waals surface area (Å²) in [5.74, 6) is 0. The van der Waals surface area contributed by atoms with Crippen molar-refractivity contribution in [3.05, 3.63) is 58.5 Å². The van der Waals surface area contributed by atoms with Crippen molar-refractivity contribution >= 4 is 43.1 Å². The number of aromatic nitrogens is 2. The van der Waals surface area contributed by atoms with Gasteiger partial charge >= 0.3 is 0 Å². The maximum atomic E-state index is 3.56. The van der Waals surface area contributed by atoms with Crippen LogP contribution in [0.1, 0.15) is 61.4 Å². The minimum absolute atomic E-state index is 0. The first-order chi connectivity index (χ1) is 13.9. The lowest BCUT2D eigenvalue weighted by Crippen LogP contribution is -3.00. The normalized spacial score (nSPS) is 10.8. The molecule has 2 aromatic carbocycles. The molecule has 0 aliphatic rings. The summed E-state index contributed by atoms with van der Waals surface area (Å²) in [7, 11) is 0. The van der Waals surface area contributed by atoms with E-state index in [4.69, 9.17) is 0 Å². The SMILES string of the molecule is [Br-].[Br-].c1ccc2sc(CCCCCCCCCCc3[nH+]c4ccccc4s3)[nH+]c2c1. The smallest absolute Gasteiger partial charge is 0.236 e. The van der Waals surface area contributed by atoms with Crippen LogP contribution in [0.2, 0.25) is 0 Å². The summed E-state index contributed by atoms with van der Waals surface area (Å²) in [5.41, 5.74) is 2.58. The maximum absolute atomic E-state index is 3.56. The zero-order valence-electron chi connectivity index (χ0n) is 17.3. The van der Waals surface area contributed by atoms with E-state index in [1.807, 2.05) is 22.7 Å². The van der Waals surface area contributed by atoms with Crippen LogP contribution in [0.15, 0.2) is 48.5 Å². The van der Waals surface area contributed by atoms with Crippen LogP contribution < -0.4 is 43.9 Å². The zero-order chi connectivity index (χ0) is 19.0. The number of fused-ring (bicyclic) bond motifs is 2. The van der Waals surface area contributed by atoms with E-state index in [2.05, 4.69) is 58.5 Å². The first kappa shape index (κ1) is 25.4. The van der Waals surface area contributed by atoms with E-state index < -0.39 is 0 Å². The monoisotopic (exact) mass is 568 g/mol. The number of aromatic amines is 2. The van der Waals surface area contributed by atoms with Crippen LogP contribution in [0.4, 0.5) is 0 Å². The van der Waals surface area contributed by atoms with Crippen LogP contribution in [0.25, 0.3) is 20.4 Å². The van der Waals surface area contributed by atoms with Gasteiger partial charge in [-0.3, -0.25) is 0 Å². The Bertz CT molecular complexity index is 864. The third kappa shape index (κ3) is 7.40. The molecule has 2 aromatic heterocycles. The van der Waals surface area contributed by atoms with E-state index in [9.17, 15) is 0 Å². The van der Waals surface area contributed by atoms with E-state index >= 15 is 0 Å². The average molecular weight is 570 g/mol. The molecular weight excluding hydrogens is 540 g/mol. The number of aryl methyl sites for hydroxylation is 2. The molecule has 4 aromatic rings. The van der Waals surface area contributed by atoms with Crippen LogP contribution in [-0.2, 0) is 12.8 Å². The number of hydrogen-bond donors (Lipinski definition) is 0. The van der Waals surface area contributed by atoms with E-state index in [0.717, 1.165) is 0 Å². The van der Waals surface area contributed by atoms with Crippen molar-refractivity contribution < 1.29 is 43.9 Å². The van der Waals surface area contributed by atoms with Crippen molar-refractivity contribution in [3.63, 3.8) is 0 Å². The minimum Gasteiger partial charge on any atom is -1.00 e. The van der Waals surface area contributed by atoms with Gasteiger partial charge in [-0.2, -0.15) is 9.97 Å². The summed E-state index contributed by atoms with van der Waals surface area (Å²) >= 11 is 3.83. The topological polar surface area (TPSA) is 28.3 Å². The molecule has 0 saturated heterocycles. The molecule has 162 valence electrons. The maximum Gasteiger partial charge on any atom is 0.236 e. The van der Waals surface area contributed by atoms with Crippen LogP contribution in [-0.4, -0.2) is 0 Å². The highest BCUT2D eigenvalue weighted by atomic mass is 79.9. The van der Waals surface area contributed by atoms with Crippen LogP contribution in [0.3, 0.4) is 0 Å². The van der Waals surface area contributed by atoms with Crippen molar-refractivity contribution in [2.45, 2.75) is 64.2 Å². The Morgan fingerprint density at radius 3 is 1.27 bits per heavy atom. The summed E-state index contributed by atoms with van der Waals surface area (Å²) in [5, 5.41) is 2.86. The highest BCUT2D eigenvalue weighted by Gasteiger charge is 2.10. The van der Waals surface area contributed by atoms with Gasteiger partial charge in [0.1, 0.15) is 9.40 Å². The molecular formula is C24H30Br2N2S2. The average Bonchev–Trinajstić information content (AvgIpc) is 3.32. The molecule has 0 aliphatic heterocycles. The highest BCUT2D eigenvalue weighted by molar-refractivity contribution is 7.18. The van der Waals surface area contributed by atoms with Crippen LogP contribution in [0.5, 0.6) is 0 Å². The molecule has 2 nitrogen and oxygen atoms in total. The van der Waals surface area contributed by atoms with E-state index in [1.165, 1.54) is 94.7 Å². The van der Waals surface area contributed by atoms with Crippen molar-refractivity contribution in [3.8, 4) is 0 Å². The second-order valence-corrected chi connectivity index (χ2v) is 9.89. The third-order valence-electron chi connectivity index (χ3n) is 5.35. The molecule has 0 atom stereocenters. The summed E-state index contributed by atoms with van der Waals surface area (Å²) in [4.78, 5) is 7.12. The molecule has 0 fully saturated rings. The first-order valence-corrected chi connectivity index (χ1v) is 12.3. The van der Waals surface area contributed by atoms with Crippen molar-refractivity contribution in [2.75, 3.05) is 0 Å². The van der Waals surface area contributed by atoms with Gasteiger partial charge in [-0.05, 0) is 25.0 Å². The zero-order valence-corrected chi connectivity index (χ0v) is 22.1. The fourth-order valence-corrected chi connectivity index (χ4v) is 5.89. The van der Waals surface area contributed by atoms with Gasteiger partial charge in [0, 0.05) is 25.0 Å². The van der Waals surface area contributed by atoms with Crippen LogP contribution >= 0.6 is 22.7 Å². The number of halogens is 2. The molecule has 0 amide bonds. The summed E-state index contributed by atoms with van der Waals surface area (Å²) in [6.07, 6.45) is 13.3. The second-order valence-electron chi connectivity index (χ2n) is 7.62. The van der Waals surface area contributed by atoms with Gasteiger partial charge in [0.15, 0.2) is 0 Å². The van der Waals surface area contributed by atoms with Crippen LogP contribution in [0, 0.1) is 0 Å². The Morgan fingerprint density at radius 2 is 0.867 bits per heavy atom. The Kier molecular flexibility index (Phi) is 11.5. The van der Waals surface area contributed by atoms with Crippen molar-refractivity contribution in [2.24, 2.45) is 0 Å². The fourth-order valence-electron chi connectivity index (χ4n) is 3.79. The lowest BCUT2D eigenvalue weighted by atomic mass is 10.1. The second kappa shape index (κ2) is 13.6. The van der Waals surface area contributed by atoms with Gasteiger partial charge in [-0.1, -0.05) is 85.5 Å². The molecule has 6 heteroatoms. The standard InChI is InChI=1S/C24H28N2S2.2BrH/c1(3-5-7-17-23-25-19-13-9-11-15-21(19)27-23)2-4-6-8-18-24-26-20-14-10-12-16-22(20)28-24;;/h9-16H,1-8,17-18H2;2*1H. The molecule has 30 heavy (non-hydrogen) atoms. The van der Waals surface area contributed by atoms with Gasteiger partial charge in [0.2, 0.25) is 21.0 Å². The molecule has 0 bridgehead atoms. The quantitative estimate of drug-likeness (QED) is 0.237. The summed E-state index contributed by atoms with van der Waals surface area (Å²) in [6.45, 7) is 0. The number of benzene rings is 2. The summed E-state index contributed by atoms with van der Waals surface area (Å²) in [6, 6.07) is 17.2. The minimum atomic E-state index is 0. The van der Waals surface area contributed by atoms with E-state index in [-0.39, 0.29) is 34.0 Å². The summed E-state index contributed by atoms with van der Waals surface area (Å²) < 4.78 is 2.76. The first-order valence-electron chi connectivity index (χ1n) is 10.7. The number of thiazole rings is 2. The molecule has 0 spiro atoms. The Morgan fingerprint density at radius 1 is 0.500 bits per heavy atom. The lowest BCUT2D eigenvalue weighted by molar-refractivity contribution is -0.351. The van der Waals surface area contributed by atoms with Gasteiger partial charge in [-0.15, -0.1) is 0 Å². The van der Waals surface area contributed by atoms with Gasteiger partial charge in [0.05, 0.1) is 0 Å². The van der Waals surface area contributed by atoms with Gasteiger partial charge in [0.25, 0.3) is 0 Å². The molecule has 0 radical (unpaired) electrons. The van der Waals surface area contributed by atoms with Gasteiger partial charge < -0.3 is 34.0 Å². The third-order valence-corrected chi connectivity index (χ3v) is 7.60. The Hall–Kier alpha value is -0.820. The lowest BCUT2D eigenvalue weighted by Gasteiger charge is -2.00. The molecule has 0 aliphatic carbocycles. The molecule has 0 saturated carbocycles. The molecule has 2 N–H and O–H groups in total. The Balaban J connectivity index is 0.00000160. The van der Waals surface area contributed by atoms with Gasteiger partial charge in [-0.25, -0.2) is 0 Å². The predicted molar refractivity (Wildman–Crippen MR) is 121 cm³/mol. The number of nitrogens with one attached hydrogen (secondary N) is 2. The number of para-hydroxylation sites is 2. The van der Waals surface area contributed by atoms with E-state index in [1.54, 1.807) is 0 Å². The molecule has 2 heterocycles. The number of hydrogen-bond acceptors (Lipinski definition) is 2. The van der Waals surface area contributed by atoms with Crippen molar-refractivity contribution in [1.29, 1.82) is 0 Å². The molecule has 4 rings (SSSR count). The number of unbranched alkanes of at least 4 members (excludes halogenated alkanes) is 7. The Labute approximate surface area is 208 Å². The predicted octanol–water partition coefficient (Wildman–Crippen LogP) is 0.658. The number of rotatable bonds is 11.